The Hall–Kier alpha value is -0.540. The van der Waals surface area contributed by atoms with Gasteiger partial charge in [0, 0.05) is 22.6 Å². The van der Waals surface area contributed by atoms with Crippen LogP contribution in [-0.2, 0) is 7.05 Å². The average Bonchev–Trinajstić information content (AvgIpc) is 2.37. The molecule has 1 heterocycles. The lowest BCUT2D eigenvalue weighted by molar-refractivity contribution is 0.751. The molecule has 2 aromatic rings. The van der Waals surface area contributed by atoms with Crippen LogP contribution >= 0.6 is 27.5 Å². The number of hydrogen-bond acceptors (Lipinski definition) is 1. The molecule has 0 atom stereocenters. The highest BCUT2D eigenvalue weighted by Gasteiger charge is 2.10. The van der Waals surface area contributed by atoms with Gasteiger partial charge in [-0.05, 0) is 35.0 Å². The van der Waals surface area contributed by atoms with E-state index in [9.17, 15) is 0 Å². The standard InChI is InChI=1S/C9H8BrClN2/c1-5-8-7(12-13(5)2)4-3-6(10)9(8)11/h3-4H,1-2H3. The van der Waals surface area contributed by atoms with E-state index in [0.29, 0.717) is 0 Å². The van der Waals surface area contributed by atoms with E-state index in [4.69, 9.17) is 11.6 Å². The average molecular weight is 260 g/mol. The minimum absolute atomic E-state index is 0.739. The van der Waals surface area contributed by atoms with E-state index in [1.165, 1.54) is 0 Å². The van der Waals surface area contributed by atoms with Gasteiger partial charge in [-0.25, -0.2) is 0 Å². The highest BCUT2D eigenvalue weighted by Crippen LogP contribution is 2.32. The van der Waals surface area contributed by atoms with Gasteiger partial charge in [-0.3, -0.25) is 4.68 Å². The summed E-state index contributed by atoms with van der Waals surface area (Å²) < 4.78 is 2.75. The zero-order valence-electron chi connectivity index (χ0n) is 7.31. The first-order chi connectivity index (χ1) is 6.11. The van der Waals surface area contributed by atoms with Crippen LogP contribution < -0.4 is 0 Å². The molecule has 0 saturated heterocycles. The molecule has 0 spiro atoms. The van der Waals surface area contributed by atoms with Crippen molar-refractivity contribution in [2.75, 3.05) is 0 Å². The molecule has 0 aliphatic carbocycles. The van der Waals surface area contributed by atoms with Gasteiger partial charge in [0.25, 0.3) is 0 Å². The lowest BCUT2D eigenvalue weighted by Crippen LogP contribution is -1.91. The van der Waals surface area contributed by atoms with Crippen LogP contribution in [0.15, 0.2) is 16.6 Å². The molecule has 2 nitrogen and oxygen atoms in total. The summed E-state index contributed by atoms with van der Waals surface area (Å²) in [6.45, 7) is 2.01. The van der Waals surface area contributed by atoms with Gasteiger partial charge < -0.3 is 0 Å². The fourth-order valence-electron chi connectivity index (χ4n) is 1.37. The molecular weight excluding hydrogens is 251 g/mol. The van der Waals surface area contributed by atoms with Gasteiger partial charge in [0.2, 0.25) is 0 Å². The van der Waals surface area contributed by atoms with Crippen LogP contribution in [-0.4, -0.2) is 9.78 Å². The summed E-state index contributed by atoms with van der Waals surface area (Å²) in [5.41, 5.74) is 2.02. The maximum atomic E-state index is 6.14. The first-order valence-corrected chi connectivity index (χ1v) is 5.05. The molecule has 0 aliphatic heterocycles. The predicted molar refractivity (Wildman–Crippen MR) is 58.2 cm³/mol. The van der Waals surface area contributed by atoms with Crippen LogP contribution in [0.4, 0.5) is 0 Å². The molecular formula is C9H8BrClN2. The van der Waals surface area contributed by atoms with Crippen molar-refractivity contribution in [3.05, 3.63) is 27.3 Å². The van der Waals surface area contributed by atoms with Crippen molar-refractivity contribution in [2.45, 2.75) is 6.92 Å². The van der Waals surface area contributed by atoms with Crippen molar-refractivity contribution in [1.29, 1.82) is 0 Å². The summed E-state index contributed by atoms with van der Waals surface area (Å²) in [6, 6.07) is 3.87. The van der Waals surface area contributed by atoms with Crippen molar-refractivity contribution in [2.24, 2.45) is 7.05 Å². The van der Waals surface area contributed by atoms with E-state index in [1.54, 1.807) is 0 Å². The number of hydrogen-bond donors (Lipinski definition) is 0. The van der Waals surface area contributed by atoms with Gasteiger partial charge in [-0.15, -0.1) is 0 Å². The summed E-state index contributed by atoms with van der Waals surface area (Å²) in [5, 5.41) is 6.09. The Labute approximate surface area is 89.6 Å². The van der Waals surface area contributed by atoms with E-state index < -0.39 is 0 Å². The molecule has 4 heteroatoms. The number of rotatable bonds is 0. The van der Waals surface area contributed by atoms with Crippen LogP contribution in [0.3, 0.4) is 0 Å². The smallest absolute Gasteiger partial charge is 0.0941 e. The minimum Gasteiger partial charge on any atom is -0.272 e. The number of fused-ring (bicyclic) bond motifs is 1. The van der Waals surface area contributed by atoms with E-state index in [0.717, 1.165) is 26.1 Å². The van der Waals surface area contributed by atoms with Gasteiger partial charge in [-0.1, -0.05) is 11.6 Å². The molecule has 0 saturated carbocycles. The number of nitrogens with zero attached hydrogens (tertiary/aromatic N) is 2. The Balaban J connectivity index is 2.97. The van der Waals surface area contributed by atoms with Crippen LogP contribution in [0.1, 0.15) is 5.69 Å². The predicted octanol–water partition coefficient (Wildman–Crippen LogP) is 3.30. The highest BCUT2D eigenvalue weighted by molar-refractivity contribution is 9.10. The molecule has 0 N–H and O–H groups in total. The maximum Gasteiger partial charge on any atom is 0.0941 e. The molecule has 0 unspecified atom stereocenters. The second-order valence-corrected chi connectivity index (χ2v) is 4.20. The molecule has 0 radical (unpaired) electrons. The third kappa shape index (κ3) is 1.27. The summed E-state index contributed by atoms with van der Waals surface area (Å²) >= 11 is 9.54. The zero-order chi connectivity index (χ0) is 9.59. The van der Waals surface area contributed by atoms with Gasteiger partial charge in [-0.2, -0.15) is 5.10 Å². The Morgan fingerprint density at radius 2 is 2.15 bits per heavy atom. The molecule has 1 aromatic heterocycles. The Morgan fingerprint density at radius 1 is 1.46 bits per heavy atom. The topological polar surface area (TPSA) is 17.8 Å². The SMILES string of the molecule is Cc1c2c(Cl)c(Br)ccc2nn1C. The van der Waals surface area contributed by atoms with Crippen LogP contribution in [0.25, 0.3) is 10.9 Å². The van der Waals surface area contributed by atoms with Crippen LogP contribution in [0.5, 0.6) is 0 Å². The van der Waals surface area contributed by atoms with Gasteiger partial charge in [0.1, 0.15) is 0 Å². The quantitative estimate of drug-likeness (QED) is 0.710. The first-order valence-electron chi connectivity index (χ1n) is 3.88. The van der Waals surface area contributed by atoms with E-state index in [2.05, 4.69) is 21.0 Å². The monoisotopic (exact) mass is 258 g/mol. The van der Waals surface area contributed by atoms with Crippen LogP contribution in [0.2, 0.25) is 5.02 Å². The molecule has 2 rings (SSSR count). The van der Waals surface area contributed by atoms with E-state index in [1.807, 2.05) is 30.8 Å². The number of halogens is 2. The fourth-order valence-corrected chi connectivity index (χ4v) is 1.99. The number of benzene rings is 1. The fraction of sp³-hybridized carbons (Fsp3) is 0.222. The lowest BCUT2D eigenvalue weighted by atomic mass is 10.2. The van der Waals surface area contributed by atoms with E-state index in [-0.39, 0.29) is 0 Å². The molecule has 13 heavy (non-hydrogen) atoms. The summed E-state index contributed by atoms with van der Waals surface area (Å²) in [6.07, 6.45) is 0. The molecule has 1 aromatic carbocycles. The van der Waals surface area contributed by atoms with Gasteiger partial charge >= 0.3 is 0 Å². The summed E-state index contributed by atoms with van der Waals surface area (Å²) in [4.78, 5) is 0. The molecule has 68 valence electrons. The lowest BCUT2D eigenvalue weighted by Gasteiger charge is -1.97. The third-order valence-electron chi connectivity index (χ3n) is 2.18. The largest absolute Gasteiger partial charge is 0.272 e. The van der Waals surface area contributed by atoms with Crippen molar-refractivity contribution < 1.29 is 0 Å². The molecule has 0 amide bonds. The Morgan fingerprint density at radius 3 is 2.85 bits per heavy atom. The van der Waals surface area contributed by atoms with Crippen molar-refractivity contribution in [1.82, 2.24) is 9.78 Å². The van der Waals surface area contributed by atoms with Crippen molar-refractivity contribution >= 4 is 38.4 Å². The minimum atomic E-state index is 0.739. The van der Waals surface area contributed by atoms with Gasteiger partial charge in [0.15, 0.2) is 0 Å². The Kier molecular flexibility index (Phi) is 2.08. The Bertz CT molecular complexity index is 476. The van der Waals surface area contributed by atoms with Crippen molar-refractivity contribution in [3.63, 3.8) is 0 Å². The van der Waals surface area contributed by atoms with Gasteiger partial charge in [0.05, 0.1) is 10.5 Å². The first kappa shape index (κ1) is 9.03. The molecule has 0 bridgehead atoms. The summed E-state index contributed by atoms with van der Waals surface area (Å²) in [5.74, 6) is 0. The number of aryl methyl sites for hydroxylation is 2. The maximum absolute atomic E-state index is 6.14. The highest BCUT2D eigenvalue weighted by atomic mass is 79.9. The number of aromatic nitrogens is 2. The zero-order valence-corrected chi connectivity index (χ0v) is 9.65. The van der Waals surface area contributed by atoms with Crippen LogP contribution in [0, 0.1) is 6.92 Å². The third-order valence-corrected chi connectivity index (χ3v) is 3.46. The van der Waals surface area contributed by atoms with E-state index >= 15 is 0 Å². The molecule has 0 fully saturated rings. The van der Waals surface area contributed by atoms with Crippen molar-refractivity contribution in [3.8, 4) is 0 Å². The summed E-state index contributed by atoms with van der Waals surface area (Å²) in [7, 11) is 1.92. The second-order valence-electron chi connectivity index (χ2n) is 2.96. The second kappa shape index (κ2) is 3.00. The normalized spacial score (nSPS) is 11.1. The molecule has 0 aliphatic rings.